The van der Waals surface area contributed by atoms with Crippen LogP contribution in [0.3, 0.4) is 0 Å². The topological polar surface area (TPSA) is 12.0 Å². The van der Waals surface area contributed by atoms with Crippen LogP contribution >= 0.6 is 11.6 Å². The Morgan fingerprint density at radius 1 is 1.17 bits per heavy atom. The summed E-state index contributed by atoms with van der Waals surface area (Å²) < 4.78 is 0. The number of rotatable bonds is 6. The summed E-state index contributed by atoms with van der Waals surface area (Å²) in [5, 5.41) is 3.47. The molecule has 0 aliphatic carbocycles. The highest BCUT2D eigenvalue weighted by Gasteiger charge is 2.10. The van der Waals surface area contributed by atoms with Crippen molar-refractivity contribution < 1.29 is 0 Å². The smallest absolute Gasteiger partial charge is 0.0379 e. The minimum atomic E-state index is 0.477. The first-order valence-electron chi connectivity index (χ1n) is 4.87. The summed E-state index contributed by atoms with van der Waals surface area (Å²) in [4.78, 5) is 0. The molecule has 0 radical (unpaired) electrons. The zero-order chi connectivity index (χ0) is 9.56. The second-order valence-corrected chi connectivity index (χ2v) is 4.45. The number of nitrogens with one attached hydrogen (secondary N) is 1. The lowest BCUT2D eigenvalue weighted by molar-refractivity contribution is 0.411. The van der Waals surface area contributed by atoms with Gasteiger partial charge in [0.2, 0.25) is 0 Å². The zero-order valence-electron chi connectivity index (χ0n) is 8.73. The molecule has 1 N–H and O–H groups in total. The Morgan fingerprint density at radius 2 is 1.75 bits per heavy atom. The molecule has 0 fully saturated rings. The van der Waals surface area contributed by atoms with Gasteiger partial charge in [0.05, 0.1) is 0 Å². The van der Waals surface area contributed by atoms with E-state index < -0.39 is 0 Å². The molecule has 0 amide bonds. The number of hydrogen-bond donors (Lipinski definition) is 1. The van der Waals surface area contributed by atoms with E-state index in [1.807, 2.05) is 0 Å². The standard InChI is InChI=1S/C10H22ClN/c1-8(2)5-6-12-10(7-11)9(3)4/h8-10,12H,5-7H2,1-4H3. The second-order valence-electron chi connectivity index (χ2n) is 4.14. The van der Waals surface area contributed by atoms with E-state index in [-0.39, 0.29) is 0 Å². The molecule has 1 nitrogen and oxygen atoms in total. The molecule has 12 heavy (non-hydrogen) atoms. The molecule has 0 heterocycles. The van der Waals surface area contributed by atoms with Gasteiger partial charge in [0, 0.05) is 11.9 Å². The van der Waals surface area contributed by atoms with Crippen LogP contribution < -0.4 is 5.32 Å². The molecule has 2 heteroatoms. The summed E-state index contributed by atoms with van der Waals surface area (Å²) in [5.74, 6) is 2.13. The number of halogens is 1. The quantitative estimate of drug-likeness (QED) is 0.637. The highest BCUT2D eigenvalue weighted by atomic mass is 35.5. The fourth-order valence-corrected chi connectivity index (χ4v) is 1.49. The lowest BCUT2D eigenvalue weighted by Gasteiger charge is -2.20. The third kappa shape index (κ3) is 5.84. The Bertz CT molecular complexity index is 102. The molecule has 0 bridgehead atoms. The Labute approximate surface area is 81.9 Å². The van der Waals surface area contributed by atoms with Gasteiger partial charge in [0.15, 0.2) is 0 Å². The third-order valence-corrected chi connectivity index (χ3v) is 2.43. The minimum Gasteiger partial charge on any atom is -0.313 e. The summed E-state index contributed by atoms with van der Waals surface area (Å²) in [5.41, 5.74) is 0. The van der Waals surface area contributed by atoms with E-state index >= 15 is 0 Å². The van der Waals surface area contributed by atoms with Crippen molar-refractivity contribution in [1.29, 1.82) is 0 Å². The van der Waals surface area contributed by atoms with Crippen molar-refractivity contribution in [3.63, 3.8) is 0 Å². The highest BCUT2D eigenvalue weighted by molar-refractivity contribution is 6.18. The van der Waals surface area contributed by atoms with E-state index in [1.54, 1.807) is 0 Å². The molecule has 0 spiro atoms. The van der Waals surface area contributed by atoms with Crippen molar-refractivity contribution in [2.24, 2.45) is 11.8 Å². The first kappa shape index (κ1) is 12.2. The Kier molecular flexibility index (Phi) is 6.87. The highest BCUT2D eigenvalue weighted by Crippen LogP contribution is 2.04. The van der Waals surface area contributed by atoms with E-state index in [2.05, 4.69) is 33.0 Å². The van der Waals surface area contributed by atoms with Crippen LogP contribution in [0.15, 0.2) is 0 Å². The van der Waals surface area contributed by atoms with E-state index in [9.17, 15) is 0 Å². The molecule has 1 atom stereocenters. The van der Waals surface area contributed by atoms with Crippen molar-refractivity contribution >= 4 is 11.6 Å². The van der Waals surface area contributed by atoms with E-state index in [1.165, 1.54) is 6.42 Å². The van der Waals surface area contributed by atoms with Gasteiger partial charge in [-0.1, -0.05) is 27.7 Å². The van der Waals surface area contributed by atoms with E-state index in [0.717, 1.165) is 18.3 Å². The number of hydrogen-bond acceptors (Lipinski definition) is 1. The van der Waals surface area contributed by atoms with Gasteiger partial charge >= 0.3 is 0 Å². The maximum Gasteiger partial charge on any atom is 0.0379 e. The molecule has 0 saturated carbocycles. The van der Waals surface area contributed by atoms with Crippen LogP contribution in [-0.4, -0.2) is 18.5 Å². The minimum absolute atomic E-state index is 0.477. The van der Waals surface area contributed by atoms with Crippen molar-refractivity contribution in [1.82, 2.24) is 5.32 Å². The van der Waals surface area contributed by atoms with Crippen molar-refractivity contribution in [2.75, 3.05) is 12.4 Å². The summed E-state index contributed by atoms with van der Waals surface area (Å²) in [6.45, 7) is 9.98. The van der Waals surface area contributed by atoms with Gasteiger partial charge in [-0.25, -0.2) is 0 Å². The Morgan fingerprint density at radius 3 is 2.08 bits per heavy atom. The molecule has 0 saturated heterocycles. The molecular weight excluding hydrogens is 170 g/mol. The zero-order valence-corrected chi connectivity index (χ0v) is 9.49. The van der Waals surface area contributed by atoms with Gasteiger partial charge in [-0.05, 0) is 24.8 Å². The Balaban J connectivity index is 3.45. The molecule has 0 aromatic carbocycles. The van der Waals surface area contributed by atoms with E-state index in [4.69, 9.17) is 11.6 Å². The summed E-state index contributed by atoms with van der Waals surface area (Å²) in [6.07, 6.45) is 1.24. The maximum absolute atomic E-state index is 5.82. The fraction of sp³-hybridized carbons (Fsp3) is 1.00. The van der Waals surface area contributed by atoms with Crippen molar-refractivity contribution in [3.8, 4) is 0 Å². The van der Waals surface area contributed by atoms with E-state index in [0.29, 0.717) is 12.0 Å². The van der Waals surface area contributed by atoms with Crippen LogP contribution in [0.1, 0.15) is 34.1 Å². The lowest BCUT2D eigenvalue weighted by Crippen LogP contribution is -2.36. The largest absolute Gasteiger partial charge is 0.313 e. The first-order chi connectivity index (χ1) is 5.57. The van der Waals surface area contributed by atoms with Crippen LogP contribution in [0, 0.1) is 11.8 Å². The molecule has 74 valence electrons. The normalized spacial score (nSPS) is 14.2. The average molecular weight is 192 g/mol. The van der Waals surface area contributed by atoms with Gasteiger partial charge in [0.25, 0.3) is 0 Å². The molecule has 0 aromatic rings. The molecule has 0 rings (SSSR count). The average Bonchev–Trinajstić information content (AvgIpc) is 1.96. The summed E-state index contributed by atoms with van der Waals surface area (Å²) >= 11 is 5.82. The van der Waals surface area contributed by atoms with Crippen LogP contribution in [-0.2, 0) is 0 Å². The van der Waals surface area contributed by atoms with Crippen LogP contribution in [0.5, 0.6) is 0 Å². The third-order valence-electron chi connectivity index (χ3n) is 2.10. The van der Waals surface area contributed by atoms with Crippen molar-refractivity contribution in [3.05, 3.63) is 0 Å². The summed E-state index contributed by atoms with van der Waals surface area (Å²) in [6, 6.07) is 0.477. The molecule has 1 unspecified atom stereocenters. The first-order valence-corrected chi connectivity index (χ1v) is 5.40. The molecular formula is C10H22ClN. The van der Waals surface area contributed by atoms with Gasteiger partial charge in [-0.2, -0.15) is 0 Å². The maximum atomic E-state index is 5.82. The summed E-state index contributed by atoms with van der Waals surface area (Å²) in [7, 11) is 0. The van der Waals surface area contributed by atoms with Crippen LogP contribution in [0.4, 0.5) is 0 Å². The van der Waals surface area contributed by atoms with Crippen molar-refractivity contribution in [2.45, 2.75) is 40.2 Å². The monoisotopic (exact) mass is 191 g/mol. The SMILES string of the molecule is CC(C)CCNC(CCl)C(C)C. The second kappa shape index (κ2) is 6.73. The van der Waals surface area contributed by atoms with Gasteiger partial charge in [-0.15, -0.1) is 11.6 Å². The van der Waals surface area contributed by atoms with Gasteiger partial charge in [-0.3, -0.25) is 0 Å². The fourth-order valence-electron chi connectivity index (χ4n) is 1.03. The lowest BCUT2D eigenvalue weighted by atomic mass is 10.1. The number of alkyl halides is 1. The predicted molar refractivity (Wildman–Crippen MR) is 56.8 cm³/mol. The molecule has 0 aliphatic heterocycles. The molecule has 0 aliphatic rings. The van der Waals surface area contributed by atoms with Crippen LogP contribution in [0.25, 0.3) is 0 Å². The Hall–Kier alpha value is 0.250. The van der Waals surface area contributed by atoms with Gasteiger partial charge < -0.3 is 5.32 Å². The predicted octanol–water partition coefficient (Wildman–Crippen LogP) is 2.89. The van der Waals surface area contributed by atoms with Gasteiger partial charge in [0.1, 0.15) is 0 Å². The van der Waals surface area contributed by atoms with Crippen LogP contribution in [0.2, 0.25) is 0 Å². The molecule has 0 aromatic heterocycles.